The van der Waals surface area contributed by atoms with Crippen LogP contribution in [-0.4, -0.2) is 74.7 Å². The average molecular weight is 350 g/mol. The predicted molar refractivity (Wildman–Crippen MR) is 93.7 cm³/mol. The zero-order valence-electron chi connectivity index (χ0n) is 14.6. The van der Waals surface area contributed by atoms with Gasteiger partial charge in [-0.15, -0.1) is 0 Å². The fourth-order valence-corrected chi connectivity index (χ4v) is 2.56. The van der Waals surface area contributed by atoms with Crippen LogP contribution in [0.25, 0.3) is 0 Å². The van der Waals surface area contributed by atoms with E-state index in [-0.39, 0.29) is 19.0 Å². The van der Waals surface area contributed by atoms with Crippen LogP contribution in [-0.2, 0) is 4.79 Å². The number of carbonyl (C=O) groups excluding carboxylic acids is 2. The van der Waals surface area contributed by atoms with E-state index >= 15 is 0 Å². The van der Waals surface area contributed by atoms with Crippen molar-refractivity contribution in [3.8, 4) is 11.5 Å². The molecule has 0 atom stereocenters. The zero-order chi connectivity index (χ0) is 18.1. The van der Waals surface area contributed by atoms with Crippen molar-refractivity contribution in [1.82, 2.24) is 15.1 Å². The highest BCUT2D eigenvalue weighted by molar-refractivity contribution is 5.77. The molecule has 25 heavy (non-hydrogen) atoms. The van der Waals surface area contributed by atoms with E-state index in [1.54, 1.807) is 12.0 Å². The number of urea groups is 1. The number of hydrogen-bond acceptors (Lipinski definition) is 5. The van der Waals surface area contributed by atoms with Gasteiger partial charge in [0, 0.05) is 51.8 Å². The lowest BCUT2D eigenvalue weighted by Crippen LogP contribution is -2.52. The Kier molecular flexibility index (Phi) is 7.34. The SMILES string of the molecule is COc1cccc(OCCN2CCN(C(=O)NCCC(N)=O)CC2)c1. The van der Waals surface area contributed by atoms with Gasteiger partial charge in [-0.1, -0.05) is 6.07 Å². The standard InChI is InChI=1S/C17H26N4O4/c1-24-14-3-2-4-15(13-14)25-12-11-20-7-9-21(10-8-20)17(23)19-6-5-16(18)22/h2-4,13H,5-12H2,1H3,(H2,18,22)(H,19,23). The van der Waals surface area contributed by atoms with E-state index in [0.717, 1.165) is 31.1 Å². The number of piperazine rings is 1. The lowest BCUT2D eigenvalue weighted by atomic mass is 10.3. The van der Waals surface area contributed by atoms with E-state index in [2.05, 4.69) is 10.2 Å². The highest BCUT2D eigenvalue weighted by atomic mass is 16.5. The molecule has 1 heterocycles. The highest BCUT2D eigenvalue weighted by Crippen LogP contribution is 2.18. The molecule has 1 aromatic rings. The lowest BCUT2D eigenvalue weighted by molar-refractivity contribution is -0.117. The van der Waals surface area contributed by atoms with Gasteiger partial charge in [0.2, 0.25) is 5.91 Å². The topological polar surface area (TPSA) is 97.1 Å². The first-order valence-electron chi connectivity index (χ1n) is 8.39. The van der Waals surface area contributed by atoms with Gasteiger partial charge in [-0.2, -0.15) is 0 Å². The van der Waals surface area contributed by atoms with Gasteiger partial charge in [-0.3, -0.25) is 9.69 Å². The Bertz CT molecular complexity index is 574. The Balaban J connectivity index is 1.63. The molecule has 0 bridgehead atoms. The minimum atomic E-state index is -0.416. The fraction of sp³-hybridized carbons (Fsp3) is 0.529. The average Bonchev–Trinajstić information content (AvgIpc) is 2.62. The molecule has 0 saturated carbocycles. The number of methoxy groups -OCH3 is 1. The van der Waals surface area contributed by atoms with Crippen molar-refractivity contribution in [3.63, 3.8) is 0 Å². The summed E-state index contributed by atoms with van der Waals surface area (Å²) in [6, 6.07) is 7.38. The van der Waals surface area contributed by atoms with Crippen molar-refractivity contribution in [2.75, 3.05) is 53.0 Å². The summed E-state index contributed by atoms with van der Waals surface area (Å²) >= 11 is 0. The third-order valence-corrected chi connectivity index (χ3v) is 4.02. The van der Waals surface area contributed by atoms with Crippen LogP contribution in [0, 0.1) is 0 Å². The molecule has 8 nitrogen and oxygen atoms in total. The maximum absolute atomic E-state index is 12.0. The van der Waals surface area contributed by atoms with Gasteiger partial charge in [0.25, 0.3) is 0 Å². The number of primary amides is 1. The number of carbonyl (C=O) groups is 2. The van der Waals surface area contributed by atoms with Gasteiger partial charge < -0.3 is 25.4 Å². The minimum absolute atomic E-state index is 0.145. The van der Waals surface area contributed by atoms with E-state index in [9.17, 15) is 9.59 Å². The lowest BCUT2D eigenvalue weighted by Gasteiger charge is -2.34. The summed E-state index contributed by atoms with van der Waals surface area (Å²) in [7, 11) is 1.63. The van der Waals surface area contributed by atoms with Gasteiger partial charge in [0.15, 0.2) is 0 Å². The largest absolute Gasteiger partial charge is 0.497 e. The fourth-order valence-electron chi connectivity index (χ4n) is 2.56. The number of benzene rings is 1. The van der Waals surface area contributed by atoms with Crippen LogP contribution in [0.4, 0.5) is 4.79 Å². The Labute approximate surface area is 147 Å². The second-order valence-corrected chi connectivity index (χ2v) is 5.80. The molecule has 138 valence electrons. The number of nitrogens with one attached hydrogen (secondary N) is 1. The molecule has 1 saturated heterocycles. The summed E-state index contributed by atoms with van der Waals surface area (Å²) in [5, 5.41) is 2.71. The van der Waals surface area contributed by atoms with Crippen molar-refractivity contribution in [1.29, 1.82) is 0 Å². The number of nitrogens with zero attached hydrogens (tertiary/aromatic N) is 2. The Morgan fingerprint density at radius 3 is 2.60 bits per heavy atom. The van der Waals surface area contributed by atoms with Gasteiger partial charge in [0.05, 0.1) is 7.11 Å². The van der Waals surface area contributed by atoms with Crippen LogP contribution in [0.1, 0.15) is 6.42 Å². The molecule has 3 N–H and O–H groups in total. The predicted octanol–water partition coefficient (Wildman–Crippen LogP) is 0.277. The van der Waals surface area contributed by atoms with Crippen molar-refractivity contribution in [2.24, 2.45) is 5.73 Å². The molecular formula is C17H26N4O4. The molecule has 3 amide bonds. The first-order valence-corrected chi connectivity index (χ1v) is 8.39. The molecule has 1 aliphatic heterocycles. The van der Waals surface area contributed by atoms with Crippen LogP contribution < -0.4 is 20.5 Å². The molecule has 8 heteroatoms. The van der Waals surface area contributed by atoms with Gasteiger partial charge >= 0.3 is 6.03 Å². The molecule has 0 aliphatic carbocycles. The molecule has 2 rings (SSSR count). The van der Waals surface area contributed by atoms with Gasteiger partial charge in [-0.05, 0) is 12.1 Å². The summed E-state index contributed by atoms with van der Waals surface area (Å²) in [5.74, 6) is 1.14. The molecule has 0 unspecified atom stereocenters. The summed E-state index contributed by atoms with van der Waals surface area (Å²) in [6.45, 7) is 4.56. The molecule has 0 spiro atoms. The quantitative estimate of drug-likeness (QED) is 0.702. The molecule has 1 fully saturated rings. The molecule has 0 aromatic heterocycles. The van der Waals surface area contributed by atoms with Crippen LogP contribution in [0.15, 0.2) is 24.3 Å². The second kappa shape index (κ2) is 9.73. The van der Waals surface area contributed by atoms with E-state index in [1.165, 1.54) is 0 Å². The zero-order valence-corrected chi connectivity index (χ0v) is 14.6. The molecule has 0 radical (unpaired) electrons. The van der Waals surface area contributed by atoms with Crippen molar-refractivity contribution in [2.45, 2.75) is 6.42 Å². The summed E-state index contributed by atoms with van der Waals surface area (Å²) in [5.41, 5.74) is 5.05. The van der Waals surface area contributed by atoms with Crippen LogP contribution in [0.5, 0.6) is 11.5 Å². The maximum atomic E-state index is 12.0. The first-order chi connectivity index (χ1) is 12.1. The third kappa shape index (κ3) is 6.50. The number of ether oxygens (including phenoxy) is 2. The van der Waals surface area contributed by atoms with Crippen LogP contribution >= 0.6 is 0 Å². The van der Waals surface area contributed by atoms with Crippen molar-refractivity contribution >= 4 is 11.9 Å². The third-order valence-electron chi connectivity index (χ3n) is 4.02. The first kappa shape index (κ1) is 18.9. The van der Waals surface area contributed by atoms with E-state index in [0.29, 0.717) is 19.7 Å². The summed E-state index contributed by atoms with van der Waals surface area (Å²) in [6.07, 6.45) is 0.160. The Morgan fingerprint density at radius 2 is 1.92 bits per heavy atom. The number of amides is 3. The highest BCUT2D eigenvalue weighted by Gasteiger charge is 2.20. The van der Waals surface area contributed by atoms with Crippen LogP contribution in [0.3, 0.4) is 0 Å². The Hall–Kier alpha value is -2.48. The number of nitrogens with two attached hydrogens (primary N) is 1. The van der Waals surface area contributed by atoms with E-state index in [4.69, 9.17) is 15.2 Å². The molecular weight excluding hydrogens is 324 g/mol. The monoisotopic (exact) mass is 350 g/mol. The number of hydrogen-bond donors (Lipinski definition) is 2. The van der Waals surface area contributed by atoms with E-state index < -0.39 is 5.91 Å². The van der Waals surface area contributed by atoms with Gasteiger partial charge in [0.1, 0.15) is 18.1 Å². The second-order valence-electron chi connectivity index (χ2n) is 5.80. The molecule has 1 aliphatic rings. The van der Waals surface area contributed by atoms with Gasteiger partial charge in [-0.25, -0.2) is 4.79 Å². The summed E-state index contributed by atoms with van der Waals surface area (Å²) in [4.78, 5) is 26.6. The summed E-state index contributed by atoms with van der Waals surface area (Å²) < 4.78 is 10.9. The minimum Gasteiger partial charge on any atom is -0.497 e. The van der Waals surface area contributed by atoms with Crippen LogP contribution in [0.2, 0.25) is 0 Å². The van der Waals surface area contributed by atoms with E-state index in [1.807, 2.05) is 24.3 Å². The van der Waals surface area contributed by atoms with Crippen molar-refractivity contribution < 1.29 is 19.1 Å². The maximum Gasteiger partial charge on any atom is 0.317 e. The van der Waals surface area contributed by atoms with Crippen molar-refractivity contribution in [3.05, 3.63) is 24.3 Å². The number of rotatable bonds is 8. The molecule has 1 aromatic carbocycles. The smallest absolute Gasteiger partial charge is 0.317 e. The Morgan fingerprint density at radius 1 is 1.20 bits per heavy atom. The normalized spacial score (nSPS) is 14.8.